The molecule has 0 fully saturated rings. The molecule has 0 bridgehead atoms. The molecule has 1 unspecified atom stereocenters. The van der Waals surface area contributed by atoms with E-state index in [9.17, 15) is 4.79 Å². The number of anilines is 1. The third-order valence-corrected chi connectivity index (χ3v) is 3.79. The minimum atomic E-state index is -0.118. The standard InChI is InChI=1S/C19H18N2O/c1-13(21-19(22)15-8-4-9-16(20)12-15)17-11-5-7-14-6-2-3-10-18(14)17/h2-13H,20H2,1H3,(H,21,22). The largest absolute Gasteiger partial charge is 0.399 e. The van der Waals surface area contributed by atoms with Crippen LogP contribution < -0.4 is 11.1 Å². The van der Waals surface area contributed by atoms with Gasteiger partial charge in [0.2, 0.25) is 0 Å². The van der Waals surface area contributed by atoms with Gasteiger partial charge in [-0.25, -0.2) is 0 Å². The predicted molar refractivity (Wildman–Crippen MR) is 90.7 cm³/mol. The average Bonchev–Trinajstić information content (AvgIpc) is 2.54. The summed E-state index contributed by atoms with van der Waals surface area (Å²) in [6, 6.07) is 21.2. The summed E-state index contributed by atoms with van der Waals surface area (Å²) in [6.07, 6.45) is 0. The van der Waals surface area contributed by atoms with Gasteiger partial charge in [-0.3, -0.25) is 4.79 Å². The zero-order valence-corrected chi connectivity index (χ0v) is 12.4. The quantitative estimate of drug-likeness (QED) is 0.718. The number of carbonyl (C=O) groups is 1. The molecule has 0 aliphatic rings. The fourth-order valence-corrected chi connectivity index (χ4v) is 2.67. The highest BCUT2D eigenvalue weighted by Crippen LogP contribution is 2.24. The lowest BCUT2D eigenvalue weighted by Crippen LogP contribution is -2.26. The summed E-state index contributed by atoms with van der Waals surface area (Å²) >= 11 is 0. The number of hydrogen-bond acceptors (Lipinski definition) is 2. The van der Waals surface area contributed by atoms with Crippen LogP contribution in [0.5, 0.6) is 0 Å². The van der Waals surface area contributed by atoms with Crippen LogP contribution in [0.1, 0.15) is 28.9 Å². The van der Waals surface area contributed by atoms with Crippen LogP contribution in [-0.2, 0) is 0 Å². The zero-order valence-electron chi connectivity index (χ0n) is 12.4. The summed E-state index contributed by atoms with van der Waals surface area (Å²) in [4.78, 5) is 12.4. The van der Waals surface area contributed by atoms with Crippen molar-refractivity contribution in [3.8, 4) is 0 Å². The van der Waals surface area contributed by atoms with E-state index in [-0.39, 0.29) is 11.9 Å². The first-order valence-corrected chi connectivity index (χ1v) is 7.29. The molecule has 3 rings (SSSR count). The Morgan fingerprint density at radius 3 is 2.55 bits per heavy atom. The summed E-state index contributed by atoms with van der Waals surface area (Å²) in [7, 11) is 0. The molecule has 0 aromatic heterocycles. The number of nitrogens with one attached hydrogen (secondary N) is 1. The molecule has 22 heavy (non-hydrogen) atoms. The highest BCUT2D eigenvalue weighted by molar-refractivity contribution is 5.95. The van der Waals surface area contributed by atoms with Crippen LogP contribution in [0.4, 0.5) is 5.69 Å². The molecular formula is C19H18N2O. The van der Waals surface area contributed by atoms with Crippen molar-refractivity contribution < 1.29 is 4.79 Å². The van der Waals surface area contributed by atoms with Crippen molar-refractivity contribution >= 4 is 22.4 Å². The first-order chi connectivity index (χ1) is 10.6. The summed E-state index contributed by atoms with van der Waals surface area (Å²) in [5, 5.41) is 5.37. The number of nitrogen functional groups attached to an aromatic ring is 1. The van der Waals surface area contributed by atoms with Crippen LogP contribution in [-0.4, -0.2) is 5.91 Å². The number of rotatable bonds is 3. The normalized spacial score (nSPS) is 12.0. The number of nitrogens with two attached hydrogens (primary N) is 1. The van der Waals surface area contributed by atoms with Crippen molar-refractivity contribution in [1.29, 1.82) is 0 Å². The van der Waals surface area contributed by atoms with Gasteiger partial charge in [-0.1, -0.05) is 48.5 Å². The lowest BCUT2D eigenvalue weighted by Gasteiger charge is -2.17. The maximum Gasteiger partial charge on any atom is 0.251 e. The van der Waals surface area contributed by atoms with Crippen LogP contribution >= 0.6 is 0 Å². The van der Waals surface area contributed by atoms with Crippen molar-refractivity contribution in [2.45, 2.75) is 13.0 Å². The molecule has 0 spiro atoms. The number of fused-ring (bicyclic) bond motifs is 1. The Hall–Kier alpha value is -2.81. The second-order valence-corrected chi connectivity index (χ2v) is 5.39. The van der Waals surface area contributed by atoms with E-state index >= 15 is 0 Å². The van der Waals surface area contributed by atoms with Gasteiger partial charge in [0.25, 0.3) is 5.91 Å². The molecule has 3 N–H and O–H groups in total. The molecule has 0 heterocycles. The molecule has 3 aromatic rings. The van der Waals surface area contributed by atoms with Gasteiger partial charge in [-0.05, 0) is 41.5 Å². The Morgan fingerprint density at radius 2 is 1.73 bits per heavy atom. The minimum absolute atomic E-state index is 0.0833. The third kappa shape index (κ3) is 2.79. The first-order valence-electron chi connectivity index (χ1n) is 7.29. The van der Waals surface area contributed by atoms with Crippen molar-refractivity contribution in [3.05, 3.63) is 77.9 Å². The summed E-state index contributed by atoms with van der Waals surface area (Å²) in [5.74, 6) is -0.118. The van der Waals surface area contributed by atoms with E-state index < -0.39 is 0 Å². The predicted octanol–water partition coefficient (Wildman–Crippen LogP) is 3.91. The fraction of sp³-hybridized carbons (Fsp3) is 0.105. The van der Waals surface area contributed by atoms with Crippen molar-refractivity contribution in [3.63, 3.8) is 0 Å². The summed E-state index contributed by atoms with van der Waals surface area (Å²) < 4.78 is 0. The number of carbonyl (C=O) groups excluding carboxylic acids is 1. The van der Waals surface area contributed by atoms with Gasteiger partial charge in [0.15, 0.2) is 0 Å². The van der Waals surface area contributed by atoms with Gasteiger partial charge in [-0.15, -0.1) is 0 Å². The topological polar surface area (TPSA) is 55.1 Å². The van der Waals surface area contributed by atoms with Gasteiger partial charge >= 0.3 is 0 Å². The van der Waals surface area contributed by atoms with Gasteiger partial charge < -0.3 is 11.1 Å². The molecule has 3 aromatic carbocycles. The van der Waals surface area contributed by atoms with Crippen LogP contribution in [0.15, 0.2) is 66.7 Å². The molecule has 110 valence electrons. The molecule has 3 heteroatoms. The Labute approximate surface area is 129 Å². The number of hydrogen-bond donors (Lipinski definition) is 2. The molecule has 0 aliphatic carbocycles. The summed E-state index contributed by atoms with van der Waals surface area (Å²) in [6.45, 7) is 1.99. The molecule has 0 saturated carbocycles. The van der Waals surface area contributed by atoms with E-state index in [0.29, 0.717) is 11.3 Å². The Balaban J connectivity index is 1.87. The van der Waals surface area contributed by atoms with Crippen LogP contribution in [0.2, 0.25) is 0 Å². The number of benzene rings is 3. The molecule has 0 radical (unpaired) electrons. The molecule has 1 atom stereocenters. The first kappa shape index (κ1) is 14.1. The van der Waals surface area contributed by atoms with Crippen LogP contribution in [0.25, 0.3) is 10.8 Å². The Bertz CT molecular complexity index is 821. The van der Waals surface area contributed by atoms with Crippen molar-refractivity contribution in [2.75, 3.05) is 5.73 Å². The second-order valence-electron chi connectivity index (χ2n) is 5.39. The monoisotopic (exact) mass is 290 g/mol. The molecule has 3 nitrogen and oxygen atoms in total. The van der Waals surface area contributed by atoms with Crippen LogP contribution in [0.3, 0.4) is 0 Å². The van der Waals surface area contributed by atoms with E-state index in [1.165, 1.54) is 5.39 Å². The van der Waals surface area contributed by atoms with Crippen molar-refractivity contribution in [1.82, 2.24) is 5.32 Å². The van der Waals surface area contributed by atoms with Gasteiger partial charge in [0.05, 0.1) is 6.04 Å². The lowest BCUT2D eigenvalue weighted by atomic mass is 9.99. The highest BCUT2D eigenvalue weighted by Gasteiger charge is 2.13. The molecule has 1 amide bonds. The second kappa shape index (κ2) is 5.90. The van der Waals surface area contributed by atoms with E-state index in [1.807, 2.05) is 31.2 Å². The maximum atomic E-state index is 12.4. The Morgan fingerprint density at radius 1 is 1.00 bits per heavy atom. The lowest BCUT2D eigenvalue weighted by molar-refractivity contribution is 0.0940. The highest BCUT2D eigenvalue weighted by atomic mass is 16.1. The minimum Gasteiger partial charge on any atom is -0.399 e. The van der Waals surface area contributed by atoms with Gasteiger partial charge in [0.1, 0.15) is 0 Å². The van der Waals surface area contributed by atoms with E-state index in [4.69, 9.17) is 5.73 Å². The maximum absolute atomic E-state index is 12.4. The molecular weight excluding hydrogens is 272 g/mol. The number of amides is 1. The van der Waals surface area contributed by atoms with E-state index in [0.717, 1.165) is 10.9 Å². The summed E-state index contributed by atoms with van der Waals surface area (Å²) in [5.41, 5.74) is 8.00. The van der Waals surface area contributed by atoms with Gasteiger partial charge in [0, 0.05) is 11.3 Å². The molecule has 0 aliphatic heterocycles. The molecule has 0 saturated heterocycles. The van der Waals surface area contributed by atoms with Gasteiger partial charge in [-0.2, -0.15) is 0 Å². The smallest absolute Gasteiger partial charge is 0.251 e. The van der Waals surface area contributed by atoms with E-state index in [1.54, 1.807) is 24.3 Å². The Kier molecular flexibility index (Phi) is 3.79. The van der Waals surface area contributed by atoms with Crippen LogP contribution in [0, 0.1) is 0 Å². The third-order valence-electron chi connectivity index (χ3n) is 3.79. The average molecular weight is 290 g/mol. The van der Waals surface area contributed by atoms with E-state index in [2.05, 4.69) is 23.5 Å². The van der Waals surface area contributed by atoms with Crippen molar-refractivity contribution in [2.24, 2.45) is 0 Å². The fourth-order valence-electron chi connectivity index (χ4n) is 2.67. The SMILES string of the molecule is CC(NC(=O)c1cccc(N)c1)c1cccc2ccccc12. The zero-order chi connectivity index (χ0) is 15.5.